The van der Waals surface area contributed by atoms with Crippen LogP contribution in [-0.2, 0) is 6.42 Å². The van der Waals surface area contributed by atoms with Gasteiger partial charge in [-0.2, -0.15) is 0 Å². The highest BCUT2D eigenvalue weighted by Gasteiger charge is 2.28. The lowest BCUT2D eigenvalue weighted by atomic mass is 9.92. The van der Waals surface area contributed by atoms with Crippen LogP contribution in [0.5, 0.6) is 0 Å². The molecule has 0 atom stereocenters. The maximum atomic E-state index is 4.06. The molecule has 0 spiro atoms. The molecule has 0 saturated heterocycles. The number of hydrogen-bond acceptors (Lipinski definition) is 3. The molecule has 0 N–H and O–H groups in total. The Morgan fingerprint density at radius 3 is 2.62 bits per heavy atom. The van der Waals surface area contributed by atoms with E-state index < -0.39 is 0 Å². The number of nitrogens with zero attached hydrogens (tertiary/aromatic N) is 4. The van der Waals surface area contributed by atoms with Gasteiger partial charge >= 0.3 is 0 Å². The first-order chi connectivity index (χ1) is 6.06. The van der Waals surface area contributed by atoms with Gasteiger partial charge in [0.2, 0.25) is 0 Å². The zero-order chi connectivity index (χ0) is 9.47. The van der Waals surface area contributed by atoms with Crippen molar-refractivity contribution in [1.82, 2.24) is 20.2 Å². The van der Waals surface area contributed by atoms with Crippen LogP contribution in [0.4, 0.5) is 0 Å². The van der Waals surface area contributed by atoms with Crippen molar-refractivity contribution in [3.05, 3.63) is 5.82 Å². The average molecular weight is 180 g/mol. The summed E-state index contributed by atoms with van der Waals surface area (Å²) in [5.41, 5.74) is 0.265. The summed E-state index contributed by atoms with van der Waals surface area (Å²) in [6, 6.07) is 0.590. The Hall–Kier alpha value is -0.930. The Labute approximate surface area is 78.3 Å². The first kappa shape index (κ1) is 8.66. The molecule has 1 aliphatic carbocycles. The maximum Gasteiger partial charge on any atom is 0.152 e. The van der Waals surface area contributed by atoms with Gasteiger partial charge in [-0.05, 0) is 28.7 Å². The van der Waals surface area contributed by atoms with Crippen LogP contribution < -0.4 is 0 Å². The van der Waals surface area contributed by atoms with E-state index in [1.807, 2.05) is 4.68 Å². The predicted octanol–water partition coefficient (Wildman–Crippen LogP) is 1.60. The monoisotopic (exact) mass is 180 g/mol. The van der Waals surface area contributed by atoms with Crippen LogP contribution in [0, 0.1) is 5.41 Å². The standard InChI is InChI=1S/C9H16N4/c1-9(2,3)6-8-10-11-12-13(8)7-4-5-7/h7H,4-6H2,1-3H3. The quantitative estimate of drug-likeness (QED) is 0.694. The fourth-order valence-corrected chi connectivity index (χ4v) is 1.41. The Kier molecular flexibility index (Phi) is 1.86. The summed E-state index contributed by atoms with van der Waals surface area (Å²) in [5.74, 6) is 1.04. The van der Waals surface area contributed by atoms with E-state index in [4.69, 9.17) is 0 Å². The molecular weight excluding hydrogens is 164 g/mol. The third-order valence-corrected chi connectivity index (χ3v) is 2.14. The Balaban J connectivity index is 2.15. The zero-order valence-electron chi connectivity index (χ0n) is 8.49. The highest BCUT2D eigenvalue weighted by molar-refractivity contribution is 4.93. The summed E-state index contributed by atoms with van der Waals surface area (Å²) in [6.07, 6.45) is 3.43. The van der Waals surface area contributed by atoms with Gasteiger partial charge < -0.3 is 0 Å². The van der Waals surface area contributed by atoms with Crippen LogP contribution in [0.1, 0.15) is 45.5 Å². The van der Waals surface area contributed by atoms with E-state index in [9.17, 15) is 0 Å². The fraction of sp³-hybridized carbons (Fsp3) is 0.889. The maximum absolute atomic E-state index is 4.06. The van der Waals surface area contributed by atoms with Gasteiger partial charge in [-0.15, -0.1) is 5.10 Å². The van der Waals surface area contributed by atoms with E-state index in [2.05, 4.69) is 36.3 Å². The Morgan fingerprint density at radius 1 is 1.38 bits per heavy atom. The molecule has 4 nitrogen and oxygen atoms in total. The topological polar surface area (TPSA) is 43.6 Å². The molecule has 0 radical (unpaired) electrons. The minimum Gasteiger partial charge on any atom is -0.227 e. The molecule has 1 aromatic heterocycles. The molecule has 2 rings (SSSR count). The van der Waals surface area contributed by atoms with E-state index in [-0.39, 0.29) is 5.41 Å². The van der Waals surface area contributed by atoms with Crippen LogP contribution >= 0.6 is 0 Å². The fourth-order valence-electron chi connectivity index (χ4n) is 1.41. The van der Waals surface area contributed by atoms with Crippen molar-refractivity contribution in [2.45, 2.75) is 46.1 Å². The van der Waals surface area contributed by atoms with Crippen molar-refractivity contribution in [2.75, 3.05) is 0 Å². The molecule has 0 aromatic carbocycles. The third-order valence-electron chi connectivity index (χ3n) is 2.14. The minimum absolute atomic E-state index is 0.265. The Bertz CT molecular complexity index is 293. The van der Waals surface area contributed by atoms with Gasteiger partial charge in [0.15, 0.2) is 5.82 Å². The van der Waals surface area contributed by atoms with Crippen molar-refractivity contribution >= 4 is 0 Å². The average Bonchev–Trinajstić information content (AvgIpc) is 2.72. The van der Waals surface area contributed by atoms with Crippen LogP contribution in [0.3, 0.4) is 0 Å². The largest absolute Gasteiger partial charge is 0.227 e. The molecular formula is C9H16N4. The van der Waals surface area contributed by atoms with E-state index in [1.54, 1.807) is 0 Å². The van der Waals surface area contributed by atoms with Gasteiger partial charge in [0, 0.05) is 6.42 Å². The van der Waals surface area contributed by atoms with Crippen molar-refractivity contribution in [3.8, 4) is 0 Å². The van der Waals surface area contributed by atoms with Crippen molar-refractivity contribution in [2.24, 2.45) is 5.41 Å². The lowest BCUT2D eigenvalue weighted by Crippen LogP contribution is -2.14. The van der Waals surface area contributed by atoms with Gasteiger partial charge in [-0.1, -0.05) is 20.8 Å². The van der Waals surface area contributed by atoms with Crippen LogP contribution in [0.25, 0.3) is 0 Å². The first-order valence-corrected chi connectivity index (χ1v) is 4.83. The first-order valence-electron chi connectivity index (χ1n) is 4.83. The van der Waals surface area contributed by atoms with Gasteiger partial charge in [-0.3, -0.25) is 0 Å². The number of rotatable bonds is 2. The molecule has 4 heteroatoms. The molecule has 1 fully saturated rings. The number of hydrogen-bond donors (Lipinski definition) is 0. The van der Waals surface area contributed by atoms with Crippen LogP contribution in [0.2, 0.25) is 0 Å². The lowest BCUT2D eigenvalue weighted by Gasteiger charge is -2.16. The molecule has 1 heterocycles. The van der Waals surface area contributed by atoms with Gasteiger partial charge in [-0.25, -0.2) is 4.68 Å². The summed E-state index contributed by atoms with van der Waals surface area (Å²) in [6.45, 7) is 6.62. The second-order valence-corrected chi connectivity index (χ2v) is 5.01. The van der Waals surface area contributed by atoms with Crippen LogP contribution in [-0.4, -0.2) is 20.2 Å². The predicted molar refractivity (Wildman–Crippen MR) is 49.2 cm³/mol. The van der Waals surface area contributed by atoms with E-state index in [0.29, 0.717) is 6.04 Å². The Morgan fingerprint density at radius 2 is 2.08 bits per heavy atom. The minimum atomic E-state index is 0.265. The van der Waals surface area contributed by atoms with Gasteiger partial charge in [0.05, 0.1) is 6.04 Å². The molecule has 1 aliphatic rings. The molecule has 1 saturated carbocycles. The van der Waals surface area contributed by atoms with Gasteiger partial charge in [0.25, 0.3) is 0 Å². The van der Waals surface area contributed by atoms with Crippen molar-refractivity contribution in [3.63, 3.8) is 0 Å². The molecule has 1 aromatic rings. The summed E-state index contributed by atoms with van der Waals surface area (Å²) < 4.78 is 1.99. The second-order valence-electron chi connectivity index (χ2n) is 5.01. The summed E-state index contributed by atoms with van der Waals surface area (Å²) in [5, 5.41) is 11.8. The summed E-state index contributed by atoms with van der Waals surface area (Å²) >= 11 is 0. The molecule has 72 valence electrons. The number of tetrazole rings is 1. The highest BCUT2D eigenvalue weighted by Crippen LogP contribution is 2.35. The van der Waals surface area contributed by atoms with E-state index in [0.717, 1.165) is 12.2 Å². The SMILES string of the molecule is CC(C)(C)Cc1nnnn1C1CC1. The smallest absolute Gasteiger partial charge is 0.152 e. The molecule has 13 heavy (non-hydrogen) atoms. The van der Waals surface area contributed by atoms with Gasteiger partial charge in [0.1, 0.15) is 0 Å². The molecule has 0 bridgehead atoms. The van der Waals surface area contributed by atoms with Crippen LogP contribution in [0.15, 0.2) is 0 Å². The third kappa shape index (κ3) is 2.05. The molecule has 0 aliphatic heterocycles. The van der Waals surface area contributed by atoms with E-state index >= 15 is 0 Å². The molecule has 0 amide bonds. The van der Waals surface area contributed by atoms with Crippen molar-refractivity contribution in [1.29, 1.82) is 0 Å². The van der Waals surface area contributed by atoms with Crippen molar-refractivity contribution < 1.29 is 0 Å². The lowest BCUT2D eigenvalue weighted by molar-refractivity contribution is 0.387. The summed E-state index contributed by atoms with van der Waals surface area (Å²) in [7, 11) is 0. The van der Waals surface area contributed by atoms with E-state index in [1.165, 1.54) is 12.8 Å². The second kappa shape index (κ2) is 2.79. The normalized spacial score (nSPS) is 17.8. The highest BCUT2D eigenvalue weighted by atomic mass is 15.6. The number of aromatic nitrogens is 4. The zero-order valence-corrected chi connectivity index (χ0v) is 8.49. The molecule has 0 unspecified atom stereocenters. The summed E-state index contributed by atoms with van der Waals surface area (Å²) in [4.78, 5) is 0.